The lowest BCUT2D eigenvalue weighted by atomic mass is 10.1. The van der Waals surface area contributed by atoms with Gasteiger partial charge in [-0.05, 0) is 18.4 Å². The number of rotatable bonds is 14. The molecule has 21 heavy (non-hydrogen) atoms. The van der Waals surface area contributed by atoms with Crippen LogP contribution >= 0.6 is 0 Å². The van der Waals surface area contributed by atoms with Crippen molar-refractivity contribution in [1.29, 1.82) is 0 Å². The maximum Gasteiger partial charge on any atom is 0.119 e. The highest BCUT2D eigenvalue weighted by Gasteiger charge is 1.94. The fraction of sp³-hybridized carbons (Fsp3) is 0.632. The standard InChI is InChI=1S/C19H30O2/c20-16-12-7-5-3-1-2-4-6-8-13-17-21-18-19-14-10-9-11-15-19/h9-11,14-16H,1-8,12-13,17-18H2. The maximum atomic E-state index is 10.2. The number of carbonyl (C=O) groups excluding carboxylic acids is 1. The van der Waals surface area contributed by atoms with Crippen molar-refractivity contribution in [2.75, 3.05) is 6.61 Å². The summed E-state index contributed by atoms with van der Waals surface area (Å²) in [6, 6.07) is 10.4. The van der Waals surface area contributed by atoms with Gasteiger partial charge in [-0.25, -0.2) is 0 Å². The van der Waals surface area contributed by atoms with Crippen LogP contribution in [0, 0.1) is 0 Å². The van der Waals surface area contributed by atoms with E-state index in [9.17, 15) is 4.79 Å². The van der Waals surface area contributed by atoms with Gasteiger partial charge >= 0.3 is 0 Å². The molecule has 0 saturated heterocycles. The lowest BCUT2D eigenvalue weighted by Crippen LogP contribution is -1.95. The number of hydrogen-bond donors (Lipinski definition) is 0. The summed E-state index contributed by atoms with van der Waals surface area (Å²) in [5.41, 5.74) is 1.26. The molecular weight excluding hydrogens is 260 g/mol. The second kappa shape index (κ2) is 13.8. The third kappa shape index (κ3) is 11.2. The first-order valence-corrected chi connectivity index (χ1v) is 8.49. The van der Waals surface area contributed by atoms with Gasteiger partial charge in [-0.3, -0.25) is 0 Å². The molecule has 0 aliphatic carbocycles. The average molecular weight is 290 g/mol. The van der Waals surface area contributed by atoms with Gasteiger partial charge in [0.25, 0.3) is 0 Å². The monoisotopic (exact) mass is 290 g/mol. The second-order valence-corrected chi connectivity index (χ2v) is 5.68. The van der Waals surface area contributed by atoms with E-state index in [-0.39, 0.29) is 0 Å². The van der Waals surface area contributed by atoms with Crippen LogP contribution in [0.15, 0.2) is 30.3 Å². The summed E-state index contributed by atoms with van der Waals surface area (Å²) < 4.78 is 5.67. The molecule has 0 atom stereocenters. The van der Waals surface area contributed by atoms with Gasteiger partial charge in [-0.2, -0.15) is 0 Å². The van der Waals surface area contributed by atoms with Crippen molar-refractivity contribution >= 4 is 6.29 Å². The summed E-state index contributed by atoms with van der Waals surface area (Å²) >= 11 is 0. The van der Waals surface area contributed by atoms with Gasteiger partial charge in [0.15, 0.2) is 0 Å². The molecule has 0 saturated carbocycles. The molecule has 0 fully saturated rings. The lowest BCUT2D eigenvalue weighted by Gasteiger charge is -2.04. The smallest absolute Gasteiger partial charge is 0.119 e. The highest BCUT2D eigenvalue weighted by atomic mass is 16.5. The van der Waals surface area contributed by atoms with E-state index in [1.807, 2.05) is 6.07 Å². The number of benzene rings is 1. The Morgan fingerprint density at radius 1 is 0.762 bits per heavy atom. The van der Waals surface area contributed by atoms with E-state index in [4.69, 9.17) is 4.74 Å². The first-order valence-electron chi connectivity index (χ1n) is 8.49. The molecule has 0 bridgehead atoms. The largest absolute Gasteiger partial charge is 0.377 e. The molecule has 0 spiro atoms. The van der Waals surface area contributed by atoms with E-state index in [1.165, 1.54) is 56.9 Å². The number of unbranched alkanes of at least 4 members (excludes halogenated alkanes) is 9. The van der Waals surface area contributed by atoms with E-state index in [0.717, 1.165) is 32.3 Å². The molecule has 118 valence electrons. The van der Waals surface area contributed by atoms with Crippen LogP contribution in [0.1, 0.15) is 69.8 Å². The Morgan fingerprint density at radius 2 is 1.33 bits per heavy atom. The summed E-state index contributed by atoms with van der Waals surface area (Å²) in [6.45, 7) is 1.61. The Bertz CT molecular complexity index is 335. The zero-order chi connectivity index (χ0) is 15.0. The van der Waals surface area contributed by atoms with Gasteiger partial charge in [-0.15, -0.1) is 0 Å². The third-order valence-electron chi connectivity index (χ3n) is 3.72. The van der Waals surface area contributed by atoms with E-state index < -0.39 is 0 Å². The number of hydrogen-bond acceptors (Lipinski definition) is 2. The van der Waals surface area contributed by atoms with E-state index >= 15 is 0 Å². The Morgan fingerprint density at radius 3 is 1.95 bits per heavy atom. The van der Waals surface area contributed by atoms with Crippen molar-refractivity contribution in [2.45, 2.75) is 70.8 Å². The molecule has 0 amide bonds. The van der Waals surface area contributed by atoms with Crippen LogP contribution in [0.5, 0.6) is 0 Å². The SMILES string of the molecule is O=CCCCCCCCCCCCOCc1ccccc1. The molecule has 1 aromatic carbocycles. The Hall–Kier alpha value is -1.15. The fourth-order valence-electron chi connectivity index (χ4n) is 2.43. The van der Waals surface area contributed by atoms with Crippen molar-refractivity contribution < 1.29 is 9.53 Å². The summed E-state index contributed by atoms with van der Waals surface area (Å²) in [5, 5.41) is 0. The zero-order valence-corrected chi connectivity index (χ0v) is 13.3. The molecule has 0 radical (unpaired) electrons. The summed E-state index contributed by atoms with van der Waals surface area (Å²) in [4.78, 5) is 10.2. The van der Waals surface area contributed by atoms with Gasteiger partial charge in [0.2, 0.25) is 0 Å². The van der Waals surface area contributed by atoms with Gasteiger partial charge in [0.05, 0.1) is 6.61 Å². The zero-order valence-electron chi connectivity index (χ0n) is 13.3. The molecule has 2 heteroatoms. The van der Waals surface area contributed by atoms with Crippen LogP contribution < -0.4 is 0 Å². The minimum Gasteiger partial charge on any atom is -0.377 e. The average Bonchev–Trinajstić information content (AvgIpc) is 2.53. The molecule has 0 aliphatic heterocycles. The topological polar surface area (TPSA) is 26.3 Å². The quantitative estimate of drug-likeness (QED) is 0.343. The minimum absolute atomic E-state index is 0.738. The minimum atomic E-state index is 0.738. The number of aldehydes is 1. The van der Waals surface area contributed by atoms with Crippen LogP contribution in [0.2, 0.25) is 0 Å². The first-order chi connectivity index (χ1) is 10.4. The molecule has 0 aliphatic rings. The molecular formula is C19H30O2. The van der Waals surface area contributed by atoms with Gasteiger partial charge in [0.1, 0.15) is 6.29 Å². The van der Waals surface area contributed by atoms with Crippen LogP contribution in [0.4, 0.5) is 0 Å². The van der Waals surface area contributed by atoms with E-state index in [1.54, 1.807) is 0 Å². The molecule has 0 unspecified atom stereocenters. The van der Waals surface area contributed by atoms with E-state index in [0.29, 0.717) is 0 Å². The van der Waals surface area contributed by atoms with Crippen molar-refractivity contribution in [1.82, 2.24) is 0 Å². The Kier molecular flexibility index (Phi) is 11.8. The number of carbonyl (C=O) groups is 1. The van der Waals surface area contributed by atoms with Gasteiger partial charge < -0.3 is 9.53 Å². The van der Waals surface area contributed by atoms with Crippen LogP contribution in [-0.2, 0) is 16.1 Å². The molecule has 2 nitrogen and oxygen atoms in total. The highest BCUT2D eigenvalue weighted by molar-refractivity contribution is 5.48. The summed E-state index contributed by atoms with van der Waals surface area (Å²) in [5.74, 6) is 0. The predicted molar refractivity (Wildman–Crippen MR) is 88.3 cm³/mol. The van der Waals surface area contributed by atoms with Crippen LogP contribution in [0.25, 0.3) is 0 Å². The highest BCUT2D eigenvalue weighted by Crippen LogP contribution is 2.10. The van der Waals surface area contributed by atoms with Crippen LogP contribution in [-0.4, -0.2) is 12.9 Å². The second-order valence-electron chi connectivity index (χ2n) is 5.68. The lowest BCUT2D eigenvalue weighted by molar-refractivity contribution is -0.107. The fourth-order valence-corrected chi connectivity index (χ4v) is 2.43. The number of ether oxygens (including phenoxy) is 1. The third-order valence-corrected chi connectivity index (χ3v) is 3.72. The molecule has 0 heterocycles. The Balaban J connectivity index is 1.76. The first kappa shape index (κ1) is 17.9. The van der Waals surface area contributed by atoms with Gasteiger partial charge in [-0.1, -0.05) is 75.3 Å². The van der Waals surface area contributed by atoms with E-state index in [2.05, 4.69) is 24.3 Å². The van der Waals surface area contributed by atoms with Crippen LogP contribution in [0.3, 0.4) is 0 Å². The Labute approximate surface area is 129 Å². The van der Waals surface area contributed by atoms with Crippen molar-refractivity contribution in [3.63, 3.8) is 0 Å². The molecule has 0 N–H and O–H groups in total. The van der Waals surface area contributed by atoms with Crippen molar-refractivity contribution in [3.05, 3.63) is 35.9 Å². The maximum absolute atomic E-state index is 10.2. The molecule has 1 aromatic rings. The summed E-state index contributed by atoms with van der Waals surface area (Å²) in [6.07, 6.45) is 13.1. The van der Waals surface area contributed by atoms with Crippen molar-refractivity contribution in [3.8, 4) is 0 Å². The van der Waals surface area contributed by atoms with Gasteiger partial charge in [0, 0.05) is 13.0 Å². The van der Waals surface area contributed by atoms with Crippen molar-refractivity contribution in [2.24, 2.45) is 0 Å². The molecule has 0 aromatic heterocycles. The summed E-state index contributed by atoms with van der Waals surface area (Å²) in [7, 11) is 0. The predicted octanol–water partition coefficient (Wildman–Crippen LogP) is 5.30. The molecule has 1 rings (SSSR count). The normalized spacial score (nSPS) is 10.7.